The van der Waals surface area contributed by atoms with Crippen molar-refractivity contribution in [3.63, 3.8) is 0 Å². The summed E-state index contributed by atoms with van der Waals surface area (Å²) in [5.41, 5.74) is 3.73. The van der Waals surface area contributed by atoms with Crippen LogP contribution >= 0.6 is 11.6 Å². The van der Waals surface area contributed by atoms with E-state index in [0.29, 0.717) is 30.0 Å². The Morgan fingerprint density at radius 3 is 2.69 bits per heavy atom. The minimum Gasteiger partial charge on any atom is -0.490 e. The lowest BCUT2D eigenvalue weighted by Crippen LogP contribution is -2.62. The van der Waals surface area contributed by atoms with E-state index in [0.717, 1.165) is 114 Å². The van der Waals surface area contributed by atoms with Gasteiger partial charge in [-0.05, 0) is 116 Å². The van der Waals surface area contributed by atoms with Gasteiger partial charge in [-0.2, -0.15) is 0 Å². The molecule has 6 aliphatic rings. The first-order valence-corrected chi connectivity index (χ1v) is 21.9. The van der Waals surface area contributed by atoms with E-state index in [-0.39, 0.29) is 16.7 Å². The molecule has 2 aromatic rings. The predicted octanol–water partition coefficient (Wildman–Crippen LogP) is 5.70. The predicted molar refractivity (Wildman–Crippen MR) is 208 cm³/mol. The van der Waals surface area contributed by atoms with Crippen LogP contribution in [0.25, 0.3) is 0 Å². The second kappa shape index (κ2) is 14.4. The van der Waals surface area contributed by atoms with Crippen LogP contribution < -0.4 is 19.7 Å². The largest absolute Gasteiger partial charge is 0.490 e. The van der Waals surface area contributed by atoms with E-state index in [1.54, 1.807) is 13.0 Å². The molecule has 1 spiro atoms. The summed E-state index contributed by atoms with van der Waals surface area (Å²) in [6.07, 6.45) is 8.38. The number of nitrogens with one attached hydrogen (secondary N) is 2. The third-order valence-electron chi connectivity index (χ3n) is 14.2. The molecule has 52 heavy (non-hydrogen) atoms. The van der Waals surface area contributed by atoms with Crippen LogP contribution in [0.5, 0.6) is 5.75 Å². The van der Waals surface area contributed by atoms with Crippen molar-refractivity contribution in [2.75, 3.05) is 70.4 Å². The number of benzene rings is 2. The highest BCUT2D eigenvalue weighted by molar-refractivity contribution is 7.90. The van der Waals surface area contributed by atoms with E-state index in [1.807, 2.05) is 25.1 Å². The number of carbonyl (C=O) groups is 1. The highest BCUT2D eigenvalue weighted by Gasteiger charge is 2.50. The summed E-state index contributed by atoms with van der Waals surface area (Å²) in [7, 11) is -3.88. The normalized spacial score (nSPS) is 35.6. The number of sulfonamides is 1. The Hall–Kier alpha value is -2.37. The molecule has 0 aromatic heterocycles. The number of nitrogens with zero attached hydrogens (tertiary/aromatic N) is 3. The van der Waals surface area contributed by atoms with Crippen LogP contribution in [0.2, 0.25) is 5.02 Å². The van der Waals surface area contributed by atoms with E-state index in [1.165, 1.54) is 24.0 Å². The molecule has 2 saturated heterocycles. The average molecular weight is 752 g/mol. The summed E-state index contributed by atoms with van der Waals surface area (Å²) < 4.78 is 36.4. The van der Waals surface area contributed by atoms with Gasteiger partial charge < -0.3 is 19.9 Å². The second-order valence-corrected chi connectivity index (χ2v) is 20.0. The van der Waals surface area contributed by atoms with Gasteiger partial charge in [0.1, 0.15) is 5.75 Å². The van der Waals surface area contributed by atoms with Crippen molar-refractivity contribution in [3.05, 3.63) is 58.1 Å². The molecule has 284 valence electrons. The van der Waals surface area contributed by atoms with Crippen LogP contribution in [0, 0.1) is 23.2 Å². The van der Waals surface area contributed by atoms with Gasteiger partial charge in [-0.15, -0.1) is 0 Å². The number of carbonyl (C=O) groups excluding carboxylic acids is 1. The summed E-state index contributed by atoms with van der Waals surface area (Å²) in [6.45, 7) is 16.3. The van der Waals surface area contributed by atoms with Crippen LogP contribution in [0.3, 0.4) is 0 Å². The van der Waals surface area contributed by atoms with Crippen LogP contribution in [0.15, 0.2) is 36.4 Å². The van der Waals surface area contributed by atoms with Crippen molar-refractivity contribution < 1.29 is 17.9 Å². The highest BCUT2D eigenvalue weighted by Crippen LogP contribution is 2.54. The molecule has 2 aliphatic carbocycles. The zero-order chi connectivity index (χ0) is 36.3. The SMILES string of the molecule is C[C@@H]1[C@@H](C)CCC[C@H](CN2CCN3CCNC[C@H]3C2)[C@@H]2CCC2(C)CN2C[C@@]3(CCCc4cc(Cl)ccc43)COc3ccc(cc32)C(=O)NS1(=O)=O. The van der Waals surface area contributed by atoms with E-state index in [9.17, 15) is 13.2 Å². The first-order chi connectivity index (χ1) is 24.9. The van der Waals surface area contributed by atoms with Crippen molar-refractivity contribution in [2.45, 2.75) is 88.8 Å². The van der Waals surface area contributed by atoms with Gasteiger partial charge in [0.05, 0.1) is 17.5 Å². The summed E-state index contributed by atoms with van der Waals surface area (Å²) in [6, 6.07) is 12.4. The van der Waals surface area contributed by atoms with E-state index < -0.39 is 21.2 Å². The molecule has 3 fully saturated rings. The number of piperazine rings is 2. The van der Waals surface area contributed by atoms with Gasteiger partial charge in [-0.25, -0.2) is 13.1 Å². The number of halogens is 1. The Bertz CT molecular complexity index is 1770. The Morgan fingerprint density at radius 1 is 1.00 bits per heavy atom. The Kier molecular flexibility index (Phi) is 10.1. The van der Waals surface area contributed by atoms with Crippen molar-refractivity contribution >= 4 is 33.2 Å². The number of amides is 1. The lowest BCUT2D eigenvalue weighted by Gasteiger charge is -2.55. The first kappa shape index (κ1) is 36.6. The lowest BCUT2D eigenvalue weighted by atomic mass is 9.55. The zero-order valence-electron chi connectivity index (χ0n) is 31.3. The topological polar surface area (TPSA) is 94.2 Å². The van der Waals surface area contributed by atoms with Crippen molar-refractivity contribution in [1.82, 2.24) is 19.8 Å². The fraction of sp³-hybridized carbons (Fsp3) is 0.683. The molecule has 1 amide bonds. The number of hydrogen-bond donors (Lipinski definition) is 2. The minimum atomic E-state index is -3.88. The standard InChI is InChI=1S/C41H58ClN5O4S/c1-28-6-4-7-32(23-45-18-19-46-17-16-43-22-34(46)24-45)35-13-15-40(35,3)25-47-26-41(14-5-8-30-20-33(42)10-11-36(30)41)27-51-38-12-9-31(21-37(38)47)39(48)44-52(49,50)29(28)2/h9-12,20-21,28-29,32,34-35,43H,4-8,13-19,22-27H2,1-3H3,(H,44,48)/t28-,29+,32+,34-,35-,40?,41-/m0/s1. The second-order valence-electron chi connectivity index (χ2n) is 17.6. The number of rotatable bonds is 2. The average Bonchev–Trinajstić information content (AvgIpc) is 3.26. The van der Waals surface area contributed by atoms with Crippen LogP contribution in [0.1, 0.15) is 87.2 Å². The zero-order valence-corrected chi connectivity index (χ0v) is 32.9. The molecular weight excluding hydrogens is 694 g/mol. The van der Waals surface area contributed by atoms with Gasteiger partial charge in [-0.1, -0.05) is 37.9 Å². The molecule has 9 nitrogen and oxygen atoms in total. The molecule has 7 atom stereocenters. The number of hydrogen-bond acceptors (Lipinski definition) is 8. The fourth-order valence-electron chi connectivity index (χ4n) is 10.9. The molecule has 1 saturated carbocycles. The molecule has 2 bridgehead atoms. The van der Waals surface area contributed by atoms with Gasteiger partial charge in [0.15, 0.2) is 0 Å². The number of aryl methyl sites for hydroxylation is 1. The fourth-order valence-corrected chi connectivity index (χ4v) is 12.4. The van der Waals surface area contributed by atoms with Crippen molar-refractivity contribution in [2.24, 2.45) is 23.2 Å². The van der Waals surface area contributed by atoms with Gasteiger partial charge in [0.2, 0.25) is 10.0 Å². The van der Waals surface area contributed by atoms with Crippen molar-refractivity contribution in [3.8, 4) is 5.75 Å². The van der Waals surface area contributed by atoms with E-state index >= 15 is 0 Å². The summed E-state index contributed by atoms with van der Waals surface area (Å²) in [5.74, 6) is 1.21. The monoisotopic (exact) mass is 751 g/mol. The smallest absolute Gasteiger partial charge is 0.264 e. The van der Waals surface area contributed by atoms with Gasteiger partial charge >= 0.3 is 0 Å². The van der Waals surface area contributed by atoms with Crippen LogP contribution in [-0.2, 0) is 21.9 Å². The molecule has 4 aliphatic heterocycles. The Labute approximate surface area is 316 Å². The molecule has 8 rings (SSSR count). The van der Waals surface area contributed by atoms with Crippen molar-refractivity contribution in [1.29, 1.82) is 0 Å². The number of ether oxygens (including phenoxy) is 1. The minimum absolute atomic E-state index is 0.0659. The molecule has 11 heteroatoms. The molecule has 0 radical (unpaired) electrons. The maximum Gasteiger partial charge on any atom is 0.264 e. The Balaban J connectivity index is 1.16. The summed E-state index contributed by atoms with van der Waals surface area (Å²) >= 11 is 6.52. The lowest BCUT2D eigenvalue weighted by molar-refractivity contribution is -0.0231. The third-order valence-corrected chi connectivity index (χ3v) is 16.4. The van der Waals surface area contributed by atoms with E-state index in [2.05, 4.69) is 43.8 Å². The Morgan fingerprint density at radius 2 is 1.87 bits per heavy atom. The maximum atomic E-state index is 13.7. The number of fused-ring (bicyclic) bond motifs is 5. The van der Waals surface area contributed by atoms with Crippen LogP contribution in [-0.4, -0.2) is 101 Å². The van der Waals surface area contributed by atoms with Gasteiger partial charge in [0.25, 0.3) is 5.91 Å². The molecule has 4 heterocycles. The number of anilines is 1. The maximum absolute atomic E-state index is 13.7. The summed E-state index contributed by atoms with van der Waals surface area (Å²) in [4.78, 5) is 21.6. The third kappa shape index (κ3) is 7.00. The van der Waals surface area contributed by atoms with Crippen LogP contribution in [0.4, 0.5) is 5.69 Å². The van der Waals surface area contributed by atoms with Gasteiger partial charge in [-0.3, -0.25) is 9.69 Å². The van der Waals surface area contributed by atoms with Gasteiger partial charge in [0, 0.05) is 80.9 Å². The molecule has 2 aromatic carbocycles. The highest BCUT2D eigenvalue weighted by atomic mass is 35.5. The first-order valence-electron chi connectivity index (χ1n) is 20.0. The molecular formula is C41H58ClN5O4S. The molecule has 2 N–H and O–H groups in total. The quantitative estimate of drug-likeness (QED) is 0.404. The molecule has 1 unspecified atom stereocenters. The van der Waals surface area contributed by atoms with E-state index in [4.69, 9.17) is 16.3 Å². The summed E-state index contributed by atoms with van der Waals surface area (Å²) in [5, 5.41) is 3.71.